The Morgan fingerprint density at radius 2 is 1.43 bits per heavy atom. The minimum atomic E-state index is -0.731. The molecule has 23 heavy (non-hydrogen) atoms. The van der Waals surface area contributed by atoms with Crippen molar-refractivity contribution >= 4 is 11.9 Å². The molecular formula is C19H34O4. The first-order valence-corrected chi connectivity index (χ1v) is 9.40. The topological polar surface area (TPSA) is 63.6 Å². The predicted molar refractivity (Wildman–Crippen MR) is 91.2 cm³/mol. The molecule has 0 atom stereocenters. The van der Waals surface area contributed by atoms with Gasteiger partial charge in [0, 0.05) is 0 Å². The van der Waals surface area contributed by atoms with Crippen molar-refractivity contribution in [2.45, 2.75) is 84.5 Å². The van der Waals surface area contributed by atoms with E-state index in [1.54, 1.807) is 0 Å². The Balaban J connectivity index is 1.95. The van der Waals surface area contributed by atoms with E-state index in [0.717, 1.165) is 18.8 Å². The summed E-state index contributed by atoms with van der Waals surface area (Å²) >= 11 is 0. The Hall–Kier alpha value is -1.06. The lowest BCUT2D eigenvalue weighted by Gasteiger charge is -2.24. The molecule has 4 nitrogen and oxygen atoms in total. The van der Waals surface area contributed by atoms with E-state index in [1.165, 1.54) is 32.1 Å². The number of carboxylic acids is 1. The van der Waals surface area contributed by atoms with E-state index in [-0.39, 0.29) is 17.8 Å². The first-order valence-electron chi connectivity index (χ1n) is 9.40. The smallest absolute Gasteiger partial charge is 0.308 e. The normalized spacial score (nSPS) is 21.3. The molecule has 0 aliphatic heterocycles. The van der Waals surface area contributed by atoms with Crippen LogP contribution < -0.4 is 0 Å². The van der Waals surface area contributed by atoms with Gasteiger partial charge in [-0.1, -0.05) is 52.4 Å². The van der Waals surface area contributed by atoms with Gasteiger partial charge in [0.05, 0.1) is 18.4 Å². The molecular weight excluding hydrogens is 292 g/mol. The molecule has 1 rings (SSSR count). The van der Waals surface area contributed by atoms with Crippen LogP contribution in [0.25, 0.3) is 0 Å². The second kappa shape index (κ2) is 11.5. The number of aliphatic carboxylic acids is 1. The number of hydrogen-bond donors (Lipinski definition) is 1. The average Bonchev–Trinajstić information content (AvgIpc) is 2.52. The van der Waals surface area contributed by atoms with E-state index in [4.69, 9.17) is 9.84 Å². The van der Waals surface area contributed by atoms with Crippen LogP contribution >= 0.6 is 0 Å². The molecule has 0 aromatic heterocycles. The molecule has 1 N–H and O–H groups in total. The van der Waals surface area contributed by atoms with Gasteiger partial charge in [0.1, 0.15) is 0 Å². The summed E-state index contributed by atoms with van der Waals surface area (Å²) in [6, 6.07) is 0. The van der Waals surface area contributed by atoms with Crippen molar-refractivity contribution in [2.24, 2.45) is 17.8 Å². The highest BCUT2D eigenvalue weighted by atomic mass is 16.5. The number of unbranched alkanes of at least 4 members (excludes halogenated alkanes) is 5. The second-order valence-corrected chi connectivity index (χ2v) is 7.36. The molecule has 0 amide bonds. The Morgan fingerprint density at radius 1 is 0.913 bits per heavy atom. The van der Waals surface area contributed by atoms with Gasteiger partial charge in [-0.15, -0.1) is 0 Å². The van der Waals surface area contributed by atoms with Crippen LogP contribution in [0.5, 0.6) is 0 Å². The highest BCUT2D eigenvalue weighted by molar-refractivity contribution is 5.74. The molecule has 0 bridgehead atoms. The lowest BCUT2D eigenvalue weighted by Crippen LogP contribution is -2.27. The number of ether oxygens (including phenoxy) is 1. The SMILES string of the molecule is CC(C)CCCCCCCCOC(=O)C1CCC(C(=O)O)CC1. The van der Waals surface area contributed by atoms with Crippen LogP contribution in [0, 0.1) is 17.8 Å². The fourth-order valence-corrected chi connectivity index (χ4v) is 3.23. The molecule has 0 saturated heterocycles. The third kappa shape index (κ3) is 8.97. The van der Waals surface area contributed by atoms with Crippen LogP contribution in [0.1, 0.15) is 84.5 Å². The molecule has 1 fully saturated rings. The lowest BCUT2D eigenvalue weighted by molar-refractivity contribution is -0.152. The number of carbonyl (C=O) groups excluding carboxylic acids is 1. The first kappa shape index (κ1) is 20.0. The van der Waals surface area contributed by atoms with E-state index in [0.29, 0.717) is 32.3 Å². The van der Waals surface area contributed by atoms with Crippen molar-refractivity contribution in [3.05, 3.63) is 0 Å². The van der Waals surface area contributed by atoms with Crippen LogP contribution in [0.3, 0.4) is 0 Å². The molecule has 1 aliphatic carbocycles. The van der Waals surface area contributed by atoms with Crippen LogP contribution in [0.15, 0.2) is 0 Å². The van der Waals surface area contributed by atoms with E-state index in [2.05, 4.69) is 13.8 Å². The summed E-state index contributed by atoms with van der Waals surface area (Å²) in [6.45, 7) is 5.05. The molecule has 0 aromatic carbocycles. The zero-order valence-electron chi connectivity index (χ0n) is 14.9. The van der Waals surface area contributed by atoms with Gasteiger partial charge in [-0.2, -0.15) is 0 Å². The minimum Gasteiger partial charge on any atom is -0.481 e. The van der Waals surface area contributed by atoms with Crippen LogP contribution in [0.4, 0.5) is 0 Å². The van der Waals surface area contributed by atoms with Crippen molar-refractivity contribution in [1.29, 1.82) is 0 Å². The maximum absolute atomic E-state index is 11.9. The molecule has 0 spiro atoms. The molecule has 1 saturated carbocycles. The van der Waals surface area contributed by atoms with Gasteiger partial charge in [-0.05, 0) is 38.0 Å². The number of hydrogen-bond acceptors (Lipinski definition) is 3. The summed E-state index contributed by atoms with van der Waals surface area (Å²) in [7, 11) is 0. The number of carbonyl (C=O) groups is 2. The highest BCUT2D eigenvalue weighted by Crippen LogP contribution is 2.29. The van der Waals surface area contributed by atoms with E-state index in [9.17, 15) is 9.59 Å². The zero-order chi connectivity index (χ0) is 17.1. The number of carboxylic acid groups (broad SMARTS) is 1. The summed E-state index contributed by atoms with van der Waals surface area (Å²) in [4.78, 5) is 22.8. The first-order chi connectivity index (χ1) is 11.0. The molecule has 0 unspecified atom stereocenters. The van der Waals surface area contributed by atoms with Crippen molar-refractivity contribution in [1.82, 2.24) is 0 Å². The molecule has 0 radical (unpaired) electrons. The third-order valence-electron chi connectivity index (χ3n) is 4.83. The Kier molecular flexibility index (Phi) is 9.97. The Labute approximate surface area is 141 Å². The maximum atomic E-state index is 11.9. The fraction of sp³-hybridized carbons (Fsp3) is 0.895. The third-order valence-corrected chi connectivity index (χ3v) is 4.83. The van der Waals surface area contributed by atoms with Gasteiger partial charge in [0.15, 0.2) is 0 Å². The van der Waals surface area contributed by atoms with E-state index >= 15 is 0 Å². The molecule has 1 aliphatic rings. The summed E-state index contributed by atoms with van der Waals surface area (Å²) in [5.74, 6) is -0.396. The molecule has 0 aromatic rings. The van der Waals surface area contributed by atoms with Crippen molar-refractivity contribution < 1.29 is 19.4 Å². The maximum Gasteiger partial charge on any atom is 0.308 e. The summed E-state index contributed by atoms with van der Waals surface area (Å²) in [5.41, 5.74) is 0. The van der Waals surface area contributed by atoms with Gasteiger partial charge in [0.2, 0.25) is 0 Å². The van der Waals surface area contributed by atoms with Crippen LogP contribution in [-0.4, -0.2) is 23.7 Å². The average molecular weight is 326 g/mol. The summed E-state index contributed by atoms with van der Waals surface area (Å²) < 4.78 is 5.35. The van der Waals surface area contributed by atoms with E-state index < -0.39 is 5.97 Å². The molecule has 134 valence electrons. The predicted octanol–water partition coefficient (Wildman–Crippen LogP) is 4.81. The number of esters is 1. The van der Waals surface area contributed by atoms with Crippen molar-refractivity contribution in [2.75, 3.05) is 6.61 Å². The Morgan fingerprint density at radius 3 is 2.00 bits per heavy atom. The van der Waals surface area contributed by atoms with Crippen molar-refractivity contribution in [3.63, 3.8) is 0 Å². The summed E-state index contributed by atoms with van der Waals surface area (Å²) in [6.07, 6.45) is 11.0. The van der Waals surface area contributed by atoms with Gasteiger partial charge < -0.3 is 9.84 Å². The minimum absolute atomic E-state index is 0.0818. The second-order valence-electron chi connectivity index (χ2n) is 7.36. The van der Waals surface area contributed by atoms with Gasteiger partial charge >= 0.3 is 11.9 Å². The summed E-state index contributed by atoms with van der Waals surface area (Å²) in [5, 5.41) is 8.95. The Bertz CT molecular complexity index is 343. The van der Waals surface area contributed by atoms with Crippen LogP contribution in [-0.2, 0) is 14.3 Å². The standard InChI is InChI=1S/C19H34O4/c1-15(2)9-7-5-3-4-6-8-14-23-19(22)17-12-10-16(11-13-17)18(20)21/h15-17H,3-14H2,1-2H3,(H,20,21). The fourth-order valence-electron chi connectivity index (χ4n) is 3.23. The quantitative estimate of drug-likeness (QED) is 0.437. The zero-order valence-corrected chi connectivity index (χ0v) is 14.9. The highest BCUT2D eigenvalue weighted by Gasteiger charge is 2.30. The van der Waals surface area contributed by atoms with Crippen LogP contribution in [0.2, 0.25) is 0 Å². The van der Waals surface area contributed by atoms with Gasteiger partial charge in [0.25, 0.3) is 0 Å². The lowest BCUT2D eigenvalue weighted by atomic mass is 9.82. The molecule has 0 heterocycles. The van der Waals surface area contributed by atoms with Crippen molar-refractivity contribution in [3.8, 4) is 0 Å². The van der Waals surface area contributed by atoms with E-state index in [1.807, 2.05) is 0 Å². The van der Waals surface area contributed by atoms with Gasteiger partial charge in [-0.25, -0.2) is 0 Å². The monoisotopic (exact) mass is 326 g/mol. The van der Waals surface area contributed by atoms with Gasteiger partial charge in [-0.3, -0.25) is 9.59 Å². The molecule has 4 heteroatoms. The number of rotatable bonds is 11. The largest absolute Gasteiger partial charge is 0.481 e.